The molecule has 1 amide bonds. The van der Waals surface area contributed by atoms with E-state index in [1.54, 1.807) is 0 Å². The van der Waals surface area contributed by atoms with Crippen molar-refractivity contribution in [1.82, 2.24) is 14.8 Å². The van der Waals surface area contributed by atoms with Gasteiger partial charge in [0, 0.05) is 44.5 Å². The number of hydrogen-bond donors (Lipinski definition) is 2. The van der Waals surface area contributed by atoms with Crippen LogP contribution in [0.4, 0.5) is 36.4 Å². The van der Waals surface area contributed by atoms with Crippen molar-refractivity contribution in [2.24, 2.45) is 5.41 Å². The van der Waals surface area contributed by atoms with Crippen molar-refractivity contribution < 1.29 is 39.7 Å². The molecule has 1 saturated carbocycles. The topological polar surface area (TPSA) is 101 Å². The lowest BCUT2D eigenvalue weighted by molar-refractivity contribution is -0.160. The van der Waals surface area contributed by atoms with Crippen molar-refractivity contribution >= 4 is 21.3 Å². The van der Waals surface area contributed by atoms with E-state index in [0.29, 0.717) is 4.68 Å². The summed E-state index contributed by atoms with van der Waals surface area (Å²) < 4.78 is 116. The third-order valence-electron chi connectivity index (χ3n) is 5.16. The molecule has 2 heterocycles. The molecule has 1 fully saturated rings. The second kappa shape index (κ2) is 7.92. The van der Waals surface area contributed by atoms with Gasteiger partial charge in [0.05, 0.1) is 9.73 Å². The Hall–Kier alpha value is -2.71. The molecule has 2 N–H and O–H groups in total. The summed E-state index contributed by atoms with van der Waals surface area (Å²) >= 11 is 0. The van der Waals surface area contributed by atoms with Crippen molar-refractivity contribution in [3.8, 4) is 0 Å². The second-order valence-electron chi connectivity index (χ2n) is 8.82. The third kappa shape index (κ3) is 5.33. The number of anilines is 1. The minimum absolute atomic E-state index is 0.178. The lowest BCUT2D eigenvalue weighted by Gasteiger charge is -2.44. The van der Waals surface area contributed by atoms with Crippen LogP contribution in [0, 0.1) is 10.2 Å². The highest BCUT2D eigenvalue weighted by molar-refractivity contribution is 7.91. The summed E-state index contributed by atoms with van der Waals surface area (Å²) in [5, 5.41) is 5.14. The lowest BCUT2D eigenvalue weighted by atomic mass is 9.67. The Morgan fingerprint density at radius 2 is 1.85 bits per heavy atom. The predicted molar refractivity (Wildman–Crippen MR) is 106 cm³/mol. The minimum atomic E-state index is -5.42. The van der Waals surface area contributed by atoms with Gasteiger partial charge in [0.25, 0.3) is 11.8 Å². The number of carbonyl (C=O) groups excluding carboxylic acids is 1. The molecule has 1 atom stereocenters. The fourth-order valence-electron chi connectivity index (χ4n) is 3.94. The van der Waals surface area contributed by atoms with Crippen LogP contribution in [0.5, 0.6) is 0 Å². The number of alkyl halides is 7. The Morgan fingerprint density at radius 3 is 2.32 bits per heavy atom. The Bertz CT molecular complexity index is 1220. The summed E-state index contributed by atoms with van der Waals surface area (Å²) in [6.45, 7) is 0.866. The SMILES string of the molecule is CC1(Cn2nc(C(C)(F)F)c(C(F)(F)F)c2C(=O)Nc2ccnc(S(C)(=N)=O)c2)CC(F)(F)C1. The largest absolute Gasteiger partial charge is 0.420 e. The number of amides is 1. The molecule has 1 aliphatic carbocycles. The molecule has 0 spiro atoms. The molecule has 2 aromatic heterocycles. The maximum atomic E-state index is 14.1. The highest BCUT2D eigenvalue weighted by Crippen LogP contribution is 2.53. The van der Waals surface area contributed by atoms with Gasteiger partial charge in [0.1, 0.15) is 22.0 Å². The van der Waals surface area contributed by atoms with Gasteiger partial charge in [-0.1, -0.05) is 6.92 Å². The first-order valence-electron chi connectivity index (χ1n) is 9.67. The molecule has 0 saturated heterocycles. The van der Waals surface area contributed by atoms with Crippen LogP contribution in [0.25, 0.3) is 0 Å². The molecule has 7 nitrogen and oxygen atoms in total. The standard InChI is InChI=1S/C19H20F7N5O2S/c1-16(7-18(22,23)8-16)9-31-13(12(19(24,25)26)14(30-31)17(2,20)21)15(32)29-10-4-5-28-11(6-10)34(3,27)33/h4-6,27H,7-9H2,1-3H3,(H,28,29,32). The van der Waals surface area contributed by atoms with E-state index in [0.717, 1.165) is 24.6 Å². The van der Waals surface area contributed by atoms with Crippen LogP contribution in [0.3, 0.4) is 0 Å². The Morgan fingerprint density at radius 1 is 1.26 bits per heavy atom. The first kappa shape index (κ1) is 25.9. The molecule has 0 aromatic carbocycles. The second-order valence-corrected chi connectivity index (χ2v) is 10.9. The van der Waals surface area contributed by atoms with Crippen LogP contribution >= 0.6 is 0 Å². The Labute approximate surface area is 189 Å². The van der Waals surface area contributed by atoms with Crippen LogP contribution in [-0.4, -0.2) is 37.1 Å². The normalized spacial score (nSPS) is 19.2. The van der Waals surface area contributed by atoms with E-state index in [4.69, 9.17) is 4.78 Å². The van der Waals surface area contributed by atoms with Crippen LogP contribution in [0.2, 0.25) is 0 Å². The molecule has 15 heteroatoms. The fourth-order valence-corrected chi connectivity index (χ4v) is 4.56. The third-order valence-corrected chi connectivity index (χ3v) is 6.18. The lowest BCUT2D eigenvalue weighted by Crippen LogP contribution is -2.47. The van der Waals surface area contributed by atoms with E-state index in [9.17, 15) is 39.7 Å². The van der Waals surface area contributed by atoms with E-state index in [-0.39, 0.29) is 17.6 Å². The molecule has 34 heavy (non-hydrogen) atoms. The average molecular weight is 515 g/mol. The molecule has 0 radical (unpaired) electrons. The zero-order valence-corrected chi connectivity index (χ0v) is 18.9. The van der Waals surface area contributed by atoms with Crippen LogP contribution in [0.15, 0.2) is 23.4 Å². The van der Waals surface area contributed by atoms with Gasteiger partial charge < -0.3 is 5.32 Å². The number of rotatable bonds is 6. The zero-order valence-electron chi connectivity index (χ0n) is 18.1. The van der Waals surface area contributed by atoms with Gasteiger partial charge in [-0.15, -0.1) is 0 Å². The van der Waals surface area contributed by atoms with Crippen molar-refractivity contribution in [1.29, 1.82) is 4.78 Å². The first-order valence-corrected chi connectivity index (χ1v) is 11.6. The highest BCUT2D eigenvalue weighted by Gasteiger charge is 2.55. The molecule has 0 bridgehead atoms. The van der Waals surface area contributed by atoms with Gasteiger partial charge in [-0.2, -0.15) is 27.1 Å². The van der Waals surface area contributed by atoms with E-state index in [1.165, 1.54) is 6.92 Å². The summed E-state index contributed by atoms with van der Waals surface area (Å²) in [7, 11) is -3.34. The summed E-state index contributed by atoms with van der Waals surface area (Å²) in [6, 6.07) is 2.12. The van der Waals surface area contributed by atoms with Gasteiger partial charge in [-0.25, -0.2) is 22.8 Å². The van der Waals surface area contributed by atoms with E-state index < -0.39 is 75.4 Å². The number of halogens is 7. The van der Waals surface area contributed by atoms with Gasteiger partial charge in [0.15, 0.2) is 0 Å². The molecular formula is C19H20F7N5O2S. The molecule has 188 valence electrons. The number of nitrogens with zero attached hydrogens (tertiary/aromatic N) is 3. The Balaban J connectivity index is 2.12. The number of pyridine rings is 1. The number of carbonyl (C=O) groups is 1. The molecule has 3 rings (SSSR count). The summed E-state index contributed by atoms with van der Waals surface area (Å²) in [4.78, 5) is 16.6. The van der Waals surface area contributed by atoms with Crippen molar-refractivity contribution in [2.75, 3.05) is 11.6 Å². The van der Waals surface area contributed by atoms with Crippen LogP contribution < -0.4 is 5.32 Å². The molecule has 2 aromatic rings. The van der Waals surface area contributed by atoms with E-state index in [1.807, 2.05) is 0 Å². The molecule has 1 aliphatic rings. The molecule has 1 unspecified atom stereocenters. The van der Waals surface area contributed by atoms with Gasteiger partial charge in [-0.05, 0) is 17.5 Å². The van der Waals surface area contributed by atoms with E-state index in [2.05, 4.69) is 15.4 Å². The van der Waals surface area contributed by atoms with Crippen LogP contribution in [-0.2, 0) is 28.4 Å². The maximum absolute atomic E-state index is 14.1. The minimum Gasteiger partial charge on any atom is -0.320 e. The number of hydrogen-bond acceptors (Lipinski definition) is 5. The van der Waals surface area contributed by atoms with Crippen molar-refractivity contribution in [3.63, 3.8) is 0 Å². The molecule has 0 aliphatic heterocycles. The zero-order chi connectivity index (χ0) is 25.9. The van der Waals surface area contributed by atoms with Gasteiger partial charge >= 0.3 is 6.18 Å². The predicted octanol–water partition coefficient (Wildman–Crippen LogP) is 5.13. The summed E-state index contributed by atoms with van der Waals surface area (Å²) in [5.74, 6) is -8.65. The maximum Gasteiger partial charge on any atom is 0.420 e. The van der Waals surface area contributed by atoms with Crippen LogP contribution in [0.1, 0.15) is 48.4 Å². The fraction of sp³-hybridized carbons (Fsp3) is 0.526. The average Bonchev–Trinajstić information content (AvgIpc) is 2.99. The Kier molecular flexibility index (Phi) is 6.03. The van der Waals surface area contributed by atoms with Crippen molar-refractivity contribution in [2.45, 2.75) is 56.3 Å². The van der Waals surface area contributed by atoms with Gasteiger partial charge in [0.2, 0.25) is 5.92 Å². The van der Waals surface area contributed by atoms with Gasteiger partial charge in [-0.3, -0.25) is 9.48 Å². The van der Waals surface area contributed by atoms with Crippen molar-refractivity contribution in [3.05, 3.63) is 35.3 Å². The van der Waals surface area contributed by atoms with E-state index >= 15 is 0 Å². The summed E-state index contributed by atoms with van der Waals surface area (Å²) in [5.41, 5.74) is -6.46. The number of nitrogens with one attached hydrogen (secondary N) is 2. The smallest absolute Gasteiger partial charge is 0.320 e. The first-order chi connectivity index (χ1) is 15.2. The summed E-state index contributed by atoms with van der Waals surface area (Å²) in [6.07, 6.45) is -4.78. The quantitative estimate of drug-likeness (QED) is 0.521. The monoisotopic (exact) mass is 515 g/mol. The highest BCUT2D eigenvalue weighted by atomic mass is 32.2. The number of aromatic nitrogens is 3. The molecular weight excluding hydrogens is 495 g/mol.